The standard InChI is InChI=1S/C18H21N3O3.ClH/c1-20(13-8-11-6-7-12(9-13)19-11)16(22)10-21-17(23)14-4-2-3-5-15(14)18(21)24;/h2-5,11-13,19H,6-10H2,1H3;1H. The van der Waals surface area contributed by atoms with Crippen LogP contribution >= 0.6 is 12.4 Å². The van der Waals surface area contributed by atoms with E-state index in [4.69, 9.17) is 0 Å². The van der Waals surface area contributed by atoms with Crippen molar-refractivity contribution in [1.29, 1.82) is 0 Å². The molecule has 7 heteroatoms. The Morgan fingerprint density at radius 3 is 2.16 bits per heavy atom. The number of nitrogens with zero attached hydrogens (tertiary/aromatic N) is 2. The van der Waals surface area contributed by atoms with Gasteiger partial charge in [0.15, 0.2) is 0 Å². The summed E-state index contributed by atoms with van der Waals surface area (Å²) in [6.45, 7) is -0.178. The van der Waals surface area contributed by atoms with Crippen molar-refractivity contribution in [3.63, 3.8) is 0 Å². The van der Waals surface area contributed by atoms with Crippen LogP contribution in [0.3, 0.4) is 0 Å². The SMILES string of the molecule is CN(C(=O)CN1C(=O)c2ccccc2C1=O)C1CC2CCC(C1)N2.Cl. The summed E-state index contributed by atoms with van der Waals surface area (Å²) >= 11 is 0. The van der Waals surface area contributed by atoms with Crippen LogP contribution in [0.4, 0.5) is 0 Å². The third-order valence-corrected chi connectivity index (χ3v) is 5.56. The number of carbonyl (C=O) groups excluding carboxylic acids is 3. The third kappa shape index (κ3) is 3.04. The second kappa shape index (κ2) is 6.77. The molecule has 6 nitrogen and oxygen atoms in total. The van der Waals surface area contributed by atoms with E-state index in [-0.39, 0.29) is 42.7 Å². The largest absolute Gasteiger partial charge is 0.341 e. The second-order valence-corrected chi connectivity index (χ2v) is 7.01. The first-order chi connectivity index (χ1) is 11.5. The molecule has 1 aromatic carbocycles. The van der Waals surface area contributed by atoms with Crippen LogP contribution in [0, 0.1) is 0 Å². The highest BCUT2D eigenvalue weighted by Crippen LogP contribution is 2.29. The lowest BCUT2D eigenvalue weighted by atomic mass is 9.98. The fourth-order valence-corrected chi connectivity index (χ4v) is 4.18. The van der Waals surface area contributed by atoms with Gasteiger partial charge in [0.2, 0.25) is 5.91 Å². The third-order valence-electron chi connectivity index (χ3n) is 5.56. The summed E-state index contributed by atoms with van der Waals surface area (Å²) in [6.07, 6.45) is 4.23. The van der Waals surface area contributed by atoms with E-state index >= 15 is 0 Å². The van der Waals surface area contributed by atoms with Crippen molar-refractivity contribution < 1.29 is 14.4 Å². The number of amides is 3. The number of hydrogen-bond donors (Lipinski definition) is 1. The monoisotopic (exact) mass is 363 g/mol. The Morgan fingerprint density at radius 2 is 1.64 bits per heavy atom. The first-order valence-corrected chi connectivity index (χ1v) is 8.51. The molecule has 25 heavy (non-hydrogen) atoms. The fraction of sp³-hybridized carbons (Fsp3) is 0.500. The van der Waals surface area contributed by atoms with Crippen molar-refractivity contribution in [2.75, 3.05) is 13.6 Å². The molecular weight excluding hydrogens is 342 g/mol. The van der Waals surface area contributed by atoms with E-state index in [0.29, 0.717) is 23.2 Å². The van der Waals surface area contributed by atoms with Crippen LogP contribution in [0.5, 0.6) is 0 Å². The van der Waals surface area contributed by atoms with Crippen molar-refractivity contribution in [3.05, 3.63) is 35.4 Å². The highest BCUT2D eigenvalue weighted by Gasteiger charge is 2.39. The lowest BCUT2D eigenvalue weighted by molar-refractivity contribution is -0.133. The van der Waals surface area contributed by atoms with Gasteiger partial charge in [-0.15, -0.1) is 12.4 Å². The molecule has 2 saturated heterocycles. The highest BCUT2D eigenvalue weighted by atomic mass is 35.5. The first-order valence-electron chi connectivity index (χ1n) is 8.51. The molecule has 0 aromatic heterocycles. The van der Waals surface area contributed by atoms with Gasteiger partial charge < -0.3 is 10.2 Å². The summed E-state index contributed by atoms with van der Waals surface area (Å²) in [4.78, 5) is 40.2. The molecule has 3 heterocycles. The number of nitrogens with one attached hydrogen (secondary N) is 1. The zero-order valence-corrected chi connectivity index (χ0v) is 14.9. The number of likely N-dealkylation sites (N-methyl/N-ethyl adjacent to an activating group) is 1. The molecular formula is C18H22ClN3O3. The van der Waals surface area contributed by atoms with Gasteiger partial charge in [0, 0.05) is 25.2 Å². The van der Waals surface area contributed by atoms with E-state index in [1.807, 2.05) is 0 Å². The summed E-state index contributed by atoms with van der Waals surface area (Å²) in [5.41, 5.74) is 0.774. The highest BCUT2D eigenvalue weighted by molar-refractivity contribution is 6.22. The molecule has 0 aliphatic carbocycles. The predicted molar refractivity (Wildman–Crippen MR) is 94.8 cm³/mol. The summed E-state index contributed by atoms with van der Waals surface area (Å²) in [5.74, 6) is -0.915. The van der Waals surface area contributed by atoms with E-state index in [2.05, 4.69) is 5.32 Å². The lowest BCUT2D eigenvalue weighted by Gasteiger charge is -2.36. The minimum atomic E-state index is -0.372. The molecule has 2 bridgehead atoms. The molecule has 2 unspecified atom stereocenters. The number of hydrogen-bond acceptors (Lipinski definition) is 4. The Balaban J connectivity index is 0.00000182. The molecule has 1 N–H and O–H groups in total. The maximum Gasteiger partial charge on any atom is 0.262 e. The minimum absolute atomic E-state index is 0. The number of halogens is 1. The zero-order valence-electron chi connectivity index (χ0n) is 14.1. The predicted octanol–water partition coefficient (Wildman–Crippen LogP) is 1.45. The molecule has 2 fully saturated rings. The average Bonchev–Trinajstić information content (AvgIpc) is 3.06. The van der Waals surface area contributed by atoms with Crippen LogP contribution in [-0.2, 0) is 4.79 Å². The van der Waals surface area contributed by atoms with E-state index < -0.39 is 0 Å². The molecule has 0 saturated carbocycles. The summed E-state index contributed by atoms with van der Waals surface area (Å²) in [5, 5.41) is 3.56. The van der Waals surface area contributed by atoms with Crippen molar-refractivity contribution in [2.24, 2.45) is 0 Å². The van der Waals surface area contributed by atoms with Gasteiger partial charge in [-0.25, -0.2) is 0 Å². The van der Waals surface area contributed by atoms with Crippen molar-refractivity contribution in [1.82, 2.24) is 15.1 Å². The van der Waals surface area contributed by atoms with E-state index in [1.165, 1.54) is 12.8 Å². The fourth-order valence-electron chi connectivity index (χ4n) is 4.18. The molecule has 134 valence electrons. The molecule has 1 aromatic rings. The molecule has 0 radical (unpaired) electrons. The molecule has 3 aliphatic heterocycles. The molecule has 3 aliphatic rings. The maximum absolute atomic E-state index is 12.6. The Hall–Kier alpha value is -1.92. The number of benzene rings is 1. The Bertz CT molecular complexity index is 676. The lowest BCUT2D eigenvalue weighted by Crippen LogP contribution is -2.51. The first kappa shape index (κ1) is 17.9. The summed E-state index contributed by atoms with van der Waals surface area (Å²) in [7, 11) is 1.79. The van der Waals surface area contributed by atoms with Gasteiger partial charge in [-0.2, -0.15) is 0 Å². The number of carbonyl (C=O) groups is 3. The summed E-state index contributed by atoms with van der Waals surface area (Å²) < 4.78 is 0. The second-order valence-electron chi connectivity index (χ2n) is 7.01. The Labute approximate surface area is 153 Å². The van der Waals surface area contributed by atoms with E-state index in [1.54, 1.807) is 36.2 Å². The molecule has 4 rings (SSSR count). The van der Waals surface area contributed by atoms with Crippen molar-refractivity contribution >= 4 is 30.1 Å². The van der Waals surface area contributed by atoms with Crippen LogP contribution in [0.1, 0.15) is 46.4 Å². The van der Waals surface area contributed by atoms with Crippen molar-refractivity contribution in [2.45, 2.75) is 43.8 Å². The van der Waals surface area contributed by atoms with Gasteiger partial charge in [0.05, 0.1) is 11.1 Å². The Kier molecular flexibility index (Phi) is 4.84. The topological polar surface area (TPSA) is 69.7 Å². The normalized spacial score (nSPS) is 27.1. The zero-order chi connectivity index (χ0) is 16.8. The molecule has 2 atom stereocenters. The van der Waals surface area contributed by atoms with Gasteiger partial charge >= 0.3 is 0 Å². The van der Waals surface area contributed by atoms with E-state index in [9.17, 15) is 14.4 Å². The van der Waals surface area contributed by atoms with Crippen LogP contribution in [0.25, 0.3) is 0 Å². The number of piperidine rings is 1. The number of fused-ring (bicyclic) bond motifs is 3. The quantitative estimate of drug-likeness (QED) is 0.825. The van der Waals surface area contributed by atoms with Crippen LogP contribution in [0.2, 0.25) is 0 Å². The number of imide groups is 1. The summed E-state index contributed by atoms with van der Waals surface area (Å²) in [6, 6.07) is 7.89. The smallest absolute Gasteiger partial charge is 0.262 e. The van der Waals surface area contributed by atoms with Gasteiger partial charge in [-0.3, -0.25) is 19.3 Å². The van der Waals surface area contributed by atoms with Crippen LogP contribution in [-0.4, -0.2) is 59.2 Å². The Morgan fingerprint density at radius 1 is 1.12 bits per heavy atom. The number of rotatable bonds is 3. The van der Waals surface area contributed by atoms with E-state index in [0.717, 1.165) is 17.7 Å². The minimum Gasteiger partial charge on any atom is -0.341 e. The average molecular weight is 364 g/mol. The van der Waals surface area contributed by atoms with Crippen molar-refractivity contribution in [3.8, 4) is 0 Å². The molecule has 3 amide bonds. The van der Waals surface area contributed by atoms with Crippen LogP contribution in [0.15, 0.2) is 24.3 Å². The van der Waals surface area contributed by atoms with Gasteiger partial charge in [-0.1, -0.05) is 12.1 Å². The van der Waals surface area contributed by atoms with Gasteiger partial charge in [0.25, 0.3) is 11.8 Å². The van der Waals surface area contributed by atoms with Gasteiger partial charge in [0.1, 0.15) is 6.54 Å². The van der Waals surface area contributed by atoms with Gasteiger partial charge in [-0.05, 0) is 37.8 Å². The maximum atomic E-state index is 12.6. The van der Waals surface area contributed by atoms with Crippen LogP contribution < -0.4 is 5.32 Å². The molecule has 0 spiro atoms.